The maximum atomic E-state index is 12.5. The highest BCUT2D eigenvalue weighted by atomic mass is 16.3. The van der Waals surface area contributed by atoms with Crippen LogP contribution in [-0.2, 0) is 4.79 Å². The van der Waals surface area contributed by atoms with E-state index in [1.54, 1.807) is 12.1 Å². The minimum Gasteiger partial charge on any atom is -0.508 e. The van der Waals surface area contributed by atoms with Crippen molar-refractivity contribution in [3.63, 3.8) is 0 Å². The lowest BCUT2D eigenvalue weighted by atomic mass is 9.89. The molecule has 1 amide bonds. The first-order chi connectivity index (χ1) is 13.6. The molecule has 0 saturated carbocycles. The minimum absolute atomic E-state index is 0.0241. The Hall–Kier alpha value is -2.79. The number of carbonyl (C=O) groups is 1. The number of carbonyl (C=O) groups excluding carboxylic acids is 1. The van der Waals surface area contributed by atoms with E-state index in [1.807, 2.05) is 49.4 Å². The van der Waals surface area contributed by atoms with E-state index < -0.39 is 0 Å². The molecule has 1 saturated heterocycles. The fourth-order valence-corrected chi connectivity index (χ4v) is 3.95. The molecule has 1 aromatic heterocycles. The van der Waals surface area contributed by atoms with Crippen molar-refractivity contribution in [2.45, 2.75) is 31.7 Å². The Kier molecular flexibility index (Phi) is 5.35. The Morgan fingerprint density at radius 1 is 1.18 bits per heavy atom. The Morgan fingerprint density at radius 3 is 2.61 bits per heavy atom. The number of piperidine rings is 1. The topological polar surface area (TPSA) is 65.7 Å². The van der Waals surface area contributed by atoms with Crippen molar-refractivity contribution in [3.05, 3.63) is 65.9 Å². The van der Waals surface area contributed by atoms with Gasteiger partial charge in [0.25, 0.3) is 0 Å². The molecule has 5 nitrogen and oxygen atoms in total. The lowest BCUT2D eigenvalue weighted by Gasteiger charge is -2.32. The van der Waals surface area contributed by atoms with Gasteiger partial charge in [0, 0.05) is 5.39 Å². The number of fused-ring (bicyclic) bond motifs is 1. The number of hydrogen-bond acceptors (Lipinski definition) is 4. The van der Waals surface area contributed by atoms with Gasteiger partial charge in [-0.05, 0) is 68.6 Å². The maximum Gasteiger partial charge on any atom is 0.234 e. The number of para-hydroxylation sites is 1. The van der Waals surface area contributed by atoms with Gasteiger partial charge >= 0.3 is 0 Å². The number of rotatable bonds is 5. The number of benzene rings is 2. The fourth-order valence-electron chi connectivity index (χ4n) is 3.95. The van der Waals surface area contributed by atoms with Crippen LogP contribution in [0.5, 0.6) is 5.75 Å². The van der Waals surface area contributed by atoms with Gasteiger partial charge in [-0.1, -0.05) is 30.3 Å². The summed E-state index contributed by atoms with van der Waals surface area (Å²) in [5.74, 6) is 1.60. The fraction of sp³-hybridized carbons (Fsp3) is 0.348. The van der Waals surface area contributed by atoms with Crippen molar-refractivity contribution in [1.29, 1.82) is 0 Å². The Bertz CT molecular complexity index is 907. The number of furan rings is 1. The molecule has 28 heavy (non-hydrogen) atoms. The molecule has 2 aromatic carbocycles. The summed E-state index contributed by atoms with van der Waals surface area (Å²) in [5, 5.41) is 13.5. The SMILES string of the molecule is CC(NC(=O)CN1CCC(c2ccc(O)cc2)CC1)c1cc2ccccc2o1. The van der Waals surface area contributed by atoms with Crippen LogP contribution in [0, 0.1) is 0 Å². The molecule has 4 rings (SSSR count). The van der Waals surface area contributed by atoms with Crippen molar-refractivity contribution >= 4 is 16.9 Å². The number of nitrogens with zero attached hydrogens (tertiary/aromatic N) is 1. The first kappa shape index (κ1) is 18.6. The second kappa shape index (κ2) is 8.07. The Balaban J connectivity index is 1.28. The summed E-state index contributed by atoms with van der Waals surface area (Å²) in [6, 6.07) is 17.2. The van der Waals surface area contributed by atoms with E-state index in [2.05, 4.69) is 10.2 Å². The molecule has 2 heterocycles. The molecule has 0 spiro atoms. The number of phenols is 1. The summed E-state index contributed by atoms with van der Waals surface area (Å²) in [4.78, 5) is 14.7. The standard InChI is InChI=1S/C23H26N2O3/c1-16(22-14-19-4-2-3-5-21(19)28-22)24-23(27)15-25-12-10-18(11-13-25)17-6-8-20(26)9-7-17/h2-9,14,16,18,26H,10-13,15H2,1H3,(H,24,27). The zero-order valence-corrected chi connectivity index (χ0v) is 16.1. The van der Waals surface area contributed by atoms with Gasteiger partial charge in [0.05, 0.1) is 12.6 Å². The Labute approximate surface area is 165 Å². The number of aromatic hydroxyl groups is 1. The summed E-state index contributed by atoms with van der Waals surface area (Å²) in [5.41, 5.74) is 2.11. The van der Waals surface area contributed by atoms with Crippen molar-refractivity contribution in [2.24, 2.45) is 0 Å². The van der Waals surface area contributed by atoms with E-state index >= 15 is 0 Å². The van der Waals surface area contributed by atoms with Crippen LogP contribution in [0.1, 0.15) is 43.0 Å². The maximum absolute atomic E-state index is 12.5. The van der Waals surface area contributed by atoms with Gasteiger partial charge in [-0.2, -0.15) is 0 Å². The van der Waals surface area contributed by atoms with E-state index in [-0.39, 0.29) is 11.9 Å². The molecule has 1 atom stereocenters. The van der Waals surface area contributed by atoms with Gasteiger partial charge in [-0.3, -0.25) is 9.69 Å². The molecule has 1 aliphatic heterocycles. The van der Waals surface area contributed by atoms with Gasteiger partial charge in [0.1, 0.15) is 17.1 Å². The monoisotopic (exact) mass is 378 g/mol. The zero-order valence-electron chi connectivity index (χ0n) is 16.1. The molecular weight excluding hydrogens is 352 g/mol. The second-order valence-electron chi connectivity index (χ2n) is 7.62. The van der Waals surface area contributed by atoms with Gasteiger partial charge < -0.3 is 14.8 Å². The number of phenolic OH excluding ortho intramolecular Hbond substituents is 1. The first-order valence-electron chi connectivity index (χ1n) is 9.87. The van der Waals surface area contributed by atoms with Gasteiger partial charge in [0.15, 0.2) is 0 Å². The van der Waals surface area contributed by atoms with E-state index in [4.69, 9.17) is 4.42 Å². The predicted molar refractivity (Wildman–Crippen MR) is 109 cm³/mol. The van der Waals surface area contributed by atoms with Crippen LogP contribution < -0.4 is 5.32 Å². The average molecular weight is 378 g/mol. The van der Waals surface area contributed by atoms with E-state index in [1.165, 1.54) is 5.56 Å². The van der Waals surface area contributed by atoms with Crippen molar-refractivity contribution in [2.75, 3.05) is 19.6 Å². The number of nitrogens with one attached hydrogen (secondary N) is 1. The summed E-state index contributed by atoms with van der Waals surface area (Å²) in [7, 11) is 0. The van der Waals surface area contributed by atoms with Gasteiger partial charge in [-0.25, -0.2) is 0 Å². The van der Waals surface area contributed by atoms with Gasteiger partial charge in [-0.15, -0.1) is 0 Å². The van der Waals surface area contributed by atoms with Crippen LogP contribution >= 0.6 is 0 Å². The number of amides is 1. The smallest absolute Gasteiger partial charge is 0.234 e. The van der Waals surface area contributed by atoms with Crippen molar-refractivity contribution < 1.29 is 14.3 Å². The van der Waals surface area contributed by atoms with Crippen LogP contribution in [0.25, 0.3) is 11.0 Å². The summed E-state index contributed by atoms with van der Waals surface area (Å²) < 4.78 is 5.85. The third kappa shape index (κ3) is 4.20. The highest BCUT2D eigenvalue weighted by Gasteiger charge is 2.23. The highest BCUT2D eigenvalue weighted by Crippen LogP contribution is 2.29. The summed E-state index contributed by atoms with van der Waals surface area (Å²) >= 11 is 0. The number of likely N-dealkylation sites (tertiary alicyclic amines) is 1. The molecule has 0 radical (unpaired) electrons. The second-order valence-corrected chi connectivity index (χ2v) is 7.62. The van der Waals surface area contributed by atoms with Crippen LogP contribution in [0.4, 0.5) is 0 Å². The summed E-state index contributed by atoms with van der Waals surface area (Å²) in [6.45, 7) is 4.16. The minimum atomic E-state index is -0.158. The summed E-state index contributed by atoms with van der Waals surface area (Å²) in [6.07, 6.45) is 2.05. The van der Waals surface area contributed by atoms with Crippen molar-refractivity contribution in [3.8, 4) is 5.75 Å². The first-order valence-corrected chi connectivity index (χ1v) is 9.87. The lowest BCUT2D eigenvalue weighted by Crippen LogP contribution is -2.41. The van der Waals surface area contributed by atoms with Gasteiger partial charge in [0.2, 0.25) is 5.91 Å². The molecule has 0 bridgehead atoms. The molecule has 5 heteroatoms. The Morgan fingerprint density at radius 2 is 1.89 bits per heavy atom. The zero-order chi connectivity index (χ0) is 19.5. The molecular formula is C23H26N2O3. The van der Waals surface area contributed by atoms with Crippen molar-refractivity contribution in [1.82, 2.24) is 10.2 Å². The van der Waals surface area contributed by atoms with E-state index in [0.29, 0.717) is 18.2 Å². The molecule has 2 N–H and O–H groups in total. The molecule has 0 aliphatic carbocycles. The number of hydrogen-bond donors (Lipinski definition) is 2. The molecule has 146 valence electrons. The molecule has 1 unspecified atom stereocenters. The van der Waals surface area contributed by atoms with Crippen LogP contribution in [0.15, 0.2) is 59.0 Å². The third-order valence-electron chi connectivity index (χ3n) is 5.57. The quantitative estimate of drug-likeness (QED) is 0.698. The largest absolute Gasteiger partial charge is 0.508 e. The predicted octanol–water partition coefficient (Wildman–Crippen LogP) is 4.20. The van der Waals surface area contributed by atoms with E-state index in [9.17, 15) is 9.90 Å². The average Bonchev–Trinajstić information content (AvgIpc) is 3.14. The van der Waals surface area contributed by atoms with Crippen LogP contribution in [0.3, 0.4) is 0 Å². The lowest BCUT2D eigenvalue weighted by molar-refractivity contribution is -0.123. The van der Waals surface area contributed by atoms with E-state index in [0.717, 1.165) is 42.7 Å². The van der Waals surface area contributed by atoms with Crippen LogP contribution in [-0.4, -0.2) is 35.5 Å². The van der Waals surface area contributed by atoms with Crippen LogP contribution in [0.2, 0.25) is 0 Å². The molecule has 3 aromatic rings. The molecule has 1 fully saturated rings. The normalized spacial score (nSPS) is 16.9. The molecule has 1 aliphatic rings. The third-order valence-corrected chi connectivity index (χ3v) is 5.57. The highest BCUT2D eigenvalue weighted by molar-refractivity contribution is 5.80.